The van der Waals surface area contributed by atoms with Gasteiger partial charge in [0, 0.05) is 24.1 Å². The van der Waals surface area contributed by atoms with Gasteiger partial charge in [-0.15, -0.1) is 0 Å². The van der Waals surface area contributed by atoms with Gasteiger partial charge in [0.1, 0.15) is 0 Å². The maximum absolute atomic E-state index is 8.03. The number of hydrogen-bond acceptors (Lipinski definition) is 3. The summed E-state index contributed by atoms with van der Waals surface area (Å²) >= 11 is 5.59. The van der Waals surface area contributed by atoms with E-state index in [0.29, 0.717) is 13.0 Å². The molecule has 1 aromatic rings. The Balaban J connectivity index is 2.67. The Kier molecular flexibility index (Phi) is 4.42. The number of aryl methyl sites for hydroxylation is 1. The maximum atomic E-state index is 8.03. The Morgan fingerprint density at radius 3 is 3.13 bits per heavy atom. The Bertz CT molecular complexity index is 453. The second kappa shape index (κ2) is 5.86. The van der Waals surface area contributed by atoms with Crippen LogP contribution in [0.25, 0.3) is 10.4 Å². The Morgan fingerprint density at radius 1 is 1.67 bits per heavy atom. The summed E-state index contributed by atoms with van der Waals surface area (Å²) in [5.74, 6) is 5.74. The van der Waals surface area contributed by atoms with Crippen LogP contribution in [0.3, 0.4) is 0 Å². The van der Waals surface area contributed by atoms with Gasteiger partial charge >= 0.3 is 0 Å². The molecule has 0 aliphatic rings. The normalized spacial score (nSPS) is 8.67. The summed E-state index contributed by atoms with van der Waals surface area (Å²) in [6.07, 6.45) is 2.09. The lowest BCUT2D eigenvalue weighted by atomic mass is 10.2. The first kappa shape index (κ1) is 11.3. The van der Waals surface area contributed by atoms with Crippen molar-refractivity contribution in [3.8, 4) is 11.8 Å². The smallest absolute Gasteiger partial charge is 0.222 e. The molecule has 15 heavy (non-hydrogen) atoms. The van der Waals surface area contributed by atoms with Crippen LogP contribution >= 0.6 is 11.6 Å². The van der Waals surface area contributed by atoms with Gasteiger partial charge in [0.25, 0.3) is 0 Å². The van der Waals surface area contributed by atoms with Crippen molar-refractivity contribution in [1.29, 1.82) is 0 Å². The molecule has 0 saturated heterocycles. The van der Waals surface area contributed by atoms with Crippen molar-refractivity contribution in [3.63, 3.8) is 0 Å². The van der Waals surface area contributed by atoms with Gasteiger partial charge in [0.15, 0.2) is 0 Å². The van der Waals surface area contributed by atoms with Gasteiger partial charge in [0.05, 0.1) is 11.3 Å². The average Bonchev–Trinajstić information content (AvgIpc) is 2.20. The van der Waals surface area contributed by atoms with Gasteiger partial charge in [-0.1, -0.05) is 17.0 Å². The van der Waals surface area contributed by atoms with E-state index >= 15 is 0 Å². The van der Waals surface area contributed by atoms with Crippen molar-refractivity contribution >= 4 is 11.6 Å². The van der Waals surface area contributed by atoms with Crippen LogP contribution in [-0.4, -0.2) is 16.5 Å². The first-order valence-corrected chi connectivity index (χ1v) is 4.60. The average molecular weight is 222 g/mol. The second-order valence-electron chi connectivity index (χ2n) is 2.64. The van der Waals surface area contributed by atoms with Gasteiger partial charge in [-0.25, -0.2) is 9.97 Å². The highest BCUT2D eigenvalue weighted by Gasteiger charge is 1.97. The predicted octanol–water partition coefficient (Wildman–Crippen LogP) is 2.49. The third kappa shape index (κ3) is 3.86. The highest BCUT2D eigenvalue weighted by atomic mass is 35.5. The topological polar surface area (TPSA) is 74.5 Å². The predicted molar refractivity (Wildman–Crippen MR) is 57.3 cm³/mol. The zero-order valence-electron chi connectivity index (χ0n) is 8.11. The minimum Gasteiger partial charge on any atom is -0.225 e. The van der Waals surface area contributed by atoms with E-state index in [2.05, 4.69) is 31.8 Å². The summed E-state index contributed by atoms with van der Waals surface area (Å²) < 4.78 is 0. The molecular formula is C9H8ClN5. The monoisotopic (exact) mass is 221 g/mol. The SMILES string of the molecule is Cc1nc(Cl)ncc1C#CCCN=[N+]=[N-]. The molecular weight excluding hydrogens is 214 g/mol. The van der Waals surface area contributed by atoms with Gasteiger partial charge in [-0.05, 0) is 24.1 Å². The van der Waals surface area contributed by atoms with Crippen molar-refractivity contribution in [1.82, 2.24) is 9.97 Å². The first-order valence-electron chi connectivity index (χ1n) is 4.23. The molecule has 0 fully saturated rings. The molecule has 0 unspecified atom stereocenters. The molecule has 1 heterocycles. The van der Waals surface area contributed by atoms with E-state index in [-0.39, 0.29) is 5.28 Å². The number of halogens is 1. The molecule has 1 aromatic heterocycles. The van der Waals surface area contributed by atoms with Crippen LogP contribution in [0, 0.1) is 18.8 Å². The lowest BCUT2D eigenvalue weighted by molar-refractivity contribution is 1.01. The summed E-state index contributed by atoms with van der Waals surface area (Å²) in [5.41, 5.74) is 9.51. The van der Waals surface area contributed by atoms with E-state index in [9.17, 15) is 0 Å². The fourth-order valence-electron chi connectivity index (χ4n) is 0.870. The van der Waals surface area contributed by atoms with Crippen LogP contribution < -0.4 is 0 Å². The summed E-state index contributed by atoms with van der Waals surface area (Å²) in [6, 6.07) is 0. The first-order chi connectivity index (χ1) is 7.24. The van der Waals surface area contributed by atoms with Gasteiger partial charge in [-0.2, -0.15) is 0 Å². The van der Waals surface area contributed by atoms with Gasteiger partial charge in [-0.3, -0.25) is 0 Å². The van der Waals surface area contributed by atoms with Crippen molar-refractivity contribution in [2.75, 3.05) is 6.54 Å². The summed E-state index contributed by atoms with van der Waals surface area (Å²) in [5, 5.41) is 3.58. The summed E-state index contributed by atoms with van der Waals surface area (Å²) in [7, 11) is 0. The number of nitrogens with zero attached hydrogens (tertiary/aromatic N) is 5. The molecule has 0 bridgehead atoms. The Labute approximate surface area is 92.1 Å². The van der Waals surface area contributed by atoms with Crippen molar-refractivity contribution in [2.45, 2.75) is 13.3 Å². The zero-order valence-corrected chi connectivity index (χ0v) is 8.86. The molecule has 0 saturated carbocycles. The molecule has 0 aromatic carbocycles. The lowest BCUT2D eigenvalue weighted by Gasteiger charge is -1.95. The Hall–Kier alpha value is -1.76. The molecule has 0 aliphatic carbocycles. The Morgan fingerprint density at radius 2 is 2.47 bits per heavy atom. The molecule has 6 heteroatoms. The molecule has 0 radical (unpaired) electrons. The zero-order chi connectivity index (χ0) is 11.1. The number of hydrogen-bond donors (Lipinski definition) is 0. The highest BCUT2D eigenvalue weighted by Crippen LogP contribution is 2.05. The highest BCUT2D eigenvalue weighted by molar-refractivity contribution is 6.28. The summed E-state index contributed by atoms with van der Waals surface area (Å²) in [6.45, 7) is 2.18. The fraction of sp³-hybridized carbons (Fsp3) is 0.333. The fourth-order valence-corrected chi connectivity index (χ4v) is 1.05. The maximum Gasteiger partial charge on any atom is 0.222 e. The van der Waals surface area contributed by atoms with Crippen LogP contribution in [-0.2, 0) is 0 Å². The molecule has 1 rings (SSSR count). The number of aromatic nitrogens is 2. The van der Waals surface area contributed by atoms with Crippen molar-refractivity contribution in [3.05, 3.63) is 33.2 Å². The van der Waals surface area contributed by atoms with E-state index in [1.807, 2.05) is 6.92 Å². The van der Waals surface area contributed by atoms with Crippen LogP contribution in [0.5, 0.6) is 0 Å². The molecule has 0 spiro atoms. The molecule has 76 valence electrons. The molecule has 0 amide bonds. The van der Waals surface area contributed by atoms with Crippen molar-refractivity contribution in [2.24, 2.45) is 5.11 Å². The van der Waals surface area contributed by atoms with Gasteiger partial charge < -0.3 is 0 Å². The van der Waals surface area contributed by atoms with Gasteiger partial charge in [0.2, 0.25) is 5.28 Å². The third-order valence-electron chi connectivity index (χ3n) is 1.57. The largest absolute Gasteiger partial charge is 0.225 e. The van der Waals surface area contributed by atoms with E-state index in [0.717, 1.165) is 11.3 Å². The quantitative estimate of drug-likeness (QED) is 0.192. The third-order valence-corrected chi connectivity index (χ3v) is 1.76. The van der Waals surface area contributed by atoms with E-state index in [1.165, 1.54) is 0 Å². The molecule has 5 nitrogen and oxygen atoms in total. The minimum atomic E-state index is 0.215. The molecule has 0 N–H and O–H groups in total. The lowest BCUT2D eigenvalue weighted by Crippen LogP contribution is -1.90. The van der Waals surface area contributed by atoms with Crippen LogP contribution in [0.4, 0.5) is 0 Å². The van der Waals surface area contributed by atoms with Crippen LogP contribution in [0.2, 0.25) is 5.28 Å². The minimum absolute atomic E-state index is 0.215. The molecule has 0 atom stereocenters. The number of rotatable bonds is 2. The van der Waals surface area contributed by atoms with E-state index in [4.69, 9.17) is 17.1 Å². The second-order valence-corrected chi connectivity index (χ2v) is 2.98. The molecule has 0 aliphatic heterocycles. The van der Waals surface area contributed by atoms with Crippen molar-refractivity contribution < 1.29 is 0 Å². The van der Waals surface area contributed by atoms with E-state index in [1.54, 1.807) is 6.20 Å². The summed E-state index contributed by atoms with van der Waals surface area (Å²) in [4.78, 5) is 10.4. The van der Waals surface area contributed by atoms with Crippen LogP contribution in [0.15, 0.2) is 11.3 Å². The van der Waals surface area contributed by atoms with Crippen LogP contribution in [0.1, 0.15) is 17.7 Å². The van der Waals surface area contributed by atoms with E-state index < -0.39 is 0 Å². The standard InChI is InChI=1S/C9H8ClN5/c1-7-8(6-12-9(10)14-7)4-2-3-5-13-15-11/h6H,3,5H2,1H3. The number of azide groups is 1.